The van der Waals surface area contributed by atoms with Gasteiger partial charge in [-0.3, -0.25) is 4.79 Å². The Morgan fingerprint density at radius 1 is 1.38 bits per heavy atom. The Morgan fingerprint density at radius 3 is 2.75 bits per heavy atom. The van der Waals surface area contributed by atoms with Gasteiger partial charge in [0.2, 0.25) is 5.91 Å². The first kappa shape index (κ1) is 12.3. The van der Waals surface area contributed by atoms with E-state index in [0.29, 0.717) is 31.5 Å². The number of aromatic hydroxyl groups is 2. The Kier molecular flexibility index (Phi) is 4.60. The van der Waals surface area contributed by atoms with E-state index in [2.05, 4.69) is 5.32 Å². The molecule has 1 aromatic carbocycles. The summed E-state index contributed by atoms with van der Waals surface area (Å²) in [6, 6.07) is 4.45. The van der Waals surface area contributed by atoms with Crippen molar-refractivity contribution in [3.63, 3.8) is 0 Å². The second-order valence-electron chi connectivity index (χ2n) is 3.56. The summed E-state index contributed by atoms with van der Waals surface area (Å²) in [5.41, 5.74) is 5.70. The van der Waals surface area contributed by atoms with Gasteiger partial charge in [0.1, 0.15) is 11.5 Å². The normalized spacial score (nSPS) is 10.2. The molecule has 5 nitrogen and oxygen atoms in total. The zero-order chi connectivity index (χ0) is 12.0. The van der Waals surface area contributed by atoms with E-state index < -0.39 is 0 Å². The highest BCUT2D eigenvalue weighted by Crippen LogP contribution is 2.22. The molecule has 0 saturated heterocycles. The molecule has 5 N–H and O–H groups in total. The van der Waals surface area contributed by atoms with Crippen molar-refractivity contribution in [2.75, 3.05) is 6.54 Å². The van der Waals surface area contributed by atoms with Crippen LogP contribution in [0.2, 0.25) is 0 Å². The summed E-state index contributed by atoms with van der Waals surface area (Å²) in [5.74, 6) is -0.216. The van der Waals surface area contributed by atoms with Crippen LogP contribution in [0.1, 0.15) is 18.4 Å². The van der Waals surface area contributed by atoms with Crippen LogP contribution in [0.3, 0.4) is 0 Å². The Balaban J connectivity index is 2.29. The van der Waals surface area contributed by atoms with Crippen molar-refractivity contribution in [2.45, 2.75) is 19.4 Å². The fraction of sp³-hybridized carbons (Fsp3) is 0.364. The summed E-state index contributed by atoms with van der Waals surface area (Å²) < 4.78 is 0. The van der Waals surface area contributed by atoms with Crippen LogP contribution in [0.5, 0.6) is 11.5 Å². The number of rotatable bonds is 6. The minimum Gasteiger partial charge on any atom is -0.508 e. The van der Waals surface area contributed by atoms with Gasteiger partial charge in [0.15, 0.2) is 0 Å². The zero-order valence-corrected chi connectivity index (χ0v) is 8.94. The predicted molar refractivity (Wildman–Crippen MR) is 59.9 cm³/mol. The molecule has 0 bridgehead atoms. The molecule has 88 valence electrons. The molecule has 0 aliphatic carbocycles. The predicted octanol–water partition coefficient (Wildman–Crippen LogP) is 0.453. The maximum atomic E-state index is 10.5. The number of phenols is 2. The third kappa shape index (κ3) is 4.18. The molecule has 0 atom stereocenters. The van der Waals surface area contributed by atoms with Crippen LogP contribution in [0.25, 0.3) is 0 Å². The summed E-state index contributed by atoms with van der Waals surface area (Å²) in [4.78, 5) is 10.5. The van der Waals surface area contributed by atoms with Gasteiger partial charge in [0.05, 0.1) is 0 Å². The smallest absolute Gasteiger partial charge is 0.217 e. The van der Waals surface area contributed by atoms with Crippen molar-refractivity contribution >= 4 is 5.91 Å². The lowest BCUT2D eigenvalue weighted by atomic mass is 10.2. The summed E-state index contributed by atoms with van der Waals surface area (Å²) in [6.45, 7) is 1.15. The van der Waals surface area contributed by atoms with E-state index in [-0.39, 0.29) is 17.4 Å². The molecule has 1 aromatic rings. The van der Waals surface area contributed by atoms with Gasteiger partial charge < -0.3 is 21.3 Å². The molecule has 0 radical (unpaired) electrons. The molecule has 0 unspecified atom stereocenters. The van der Waals surface area contributed by atoms with Crippen molar-refractivity contribution in [1.29, 1.82) is 0 Å². The highest BCUT2D eigenvalue weighted by molar-refractivity contribution is 5.73. The van der Waals surface area contributed by atoms with E-state index >= 15 is 0 Å². The maximum Gasteiger partial charge on any atom is 0.217 e. The lowest BCUT2D eigenvalue weighted by molar-refractivity contribution is -0.118. The molecule has 0 fully saturated rings. The van der Waals surface area contributed by atoms with Crippen molar-refractivity contribution in [1.82, 2.24) is 5.32 Å². The highest BCUT2D eigenvalue weighted by atomic mass is 16.3. The van der Waals surface area contributed by atoms with Gasteiger partial charge in [-0.05, 0) is 19.0 Å². The second kappa shape index (κ2) is 5.97. The highest BCUT2D eigenvalue weighted by Gasteiger charge is 2.01. The SMILES string of the molecule is NC(=O)CCCNCc1ccc(O)cc1O. The van der Waals surface area contributed by atoms with Crippen LogP contribution < -0.4 is 11.1 Å². The number of carbonyl (C=O) groups is 1. The average molecular weight is 224 g/mol. The van der Waals surface area contributed by atoms with Gasteiger partial charge in [-0.2, -0.15) is 0 Å². The van der Waals surface area contributed by atoms with E-state index in [0.717, 1.165) is 0 Å². The number of carbonyl (C=O) groups excluding carboxylic acids is 1. The van der Waals surface area contributed by atoms with Crippen LogP contribution in [-0.2, 0) is 11.3 Å². The van der Waals surface area contributed by atoms with E-state index in [9.17, 15) is 9.90 Å². The molecular weight excluding hydrogens is 208 g/mol. The maximum absolute atomic E-state index is 10.5. The largest absolute Gasteiger partial charge is 0.508 e. The topological polar surface area (TPSA) is 95.6 Å². The van der Waals surface area contributed by atoms with E-state index in [4.69, 9.17) is 10.8 Å². The minimum atomic E-state index is -0.311. The standard InChI is InChI=1S/C11H16N2O3/c12-11(16)2-1-5-13-7-8-3-4-9(14)6-10(8)15/h3-4,6,13-15H,1-2,5,7H2,(H2,12,16). The lowest BCUT2D eigenvalue weighted by Gasteiger charge is -2.06. The first-order valence-electron chi connectivity index (χ1n) is 5.09. The number of primary amides is 1. The monoisotopic (exact) mass is 224 g/mol. The Labute approximate surface area is 93.9 Å². The van der Waals surface area contributed by atoms with E-state index in [1.165, 1.54) is 12.1 Å². The van der Waals surface area contributed by atoms with Gasteiger partial charge in [-0.1, -0.05) is 6.07 Å². The second-order valence-corrected chi connectivity index (χ2v) is 3.56. The molecule has 0 spiro atoms. The number of nitrogens with two attached hydrogens (primary N) is 1. The number of hydrogen-bond acceptors (Lipinski definition) is 4. The fourth-order valence-corrected chi connectivity index (χ4v) is 1.31. The summed E-state index contributed by atoms with van der Waals surface area (Å²) >= 11 is 0. The summed E-state index contributed by atoms with van der Waals surface area (Å²) in [6.07, 6.45) is 1.03. The molecule has 0 heterocycles. The molecule has 0 aliphatic rings. The van der Waals surface area contributed by atoms with Crippen molar-refractivity contribution < 1.29 is 15.0 Å². The van der Waals surface area contributed by atoms with Gasteiger partial charge in [-0.25, -0.2) is 0 Å². The Bertz CT molecular complexity index is 366. The first-order valence-corrected chi connectivity index (χ1v) is 5.09. The lowest BCUT2D eigenvalue weighted by Crippen LogP contribution is -2.18. The molecule has 0 aromatic heterocycles. The van der Waals surface area contributed by atoms with E-state index in [1.807, 2.05) is 0 Å². The van der Waals surface area contributed by atoms with E-state index in [1.54, 1.807) is 6.07 Å². The summed E-state index contributed by atoms with van der Waals surface area (Å²) in [5, 5.41) is 21.6. The van der Waals surface area contributed by atoms with Crippen molar-refractivity contribution in [3.8, 4) is 11.5 Å². The molecule has 0 saturated carbocycles. The molecule has 1 rings (SSSR count). The number of benzene rings is 1. The molecule has 5 heteroatoms. The van der Waals surface area contributed by atoms with Crippen molar-refractivity contribution in [3.05, 3.63) is 23.8 Å². The van der Waals surface area contributed by atoms with Gasteiger partial charge in [-0.15, -0.1) is 0 Å². The van der Waals surface area contributed by atoms with Crippen LogP contribution in [-0.4, -0.2) is 22.7 Å². The Hall–Kier alpha value is -1.75. The van der Waals surface area contributed by atoms with Crippen LogP contribution >= 0.6 is 0 Å². The molecule has 1 amide bonds. The van der Waals surface area contributed by atoms with Gasteiger partial charge in [0, 0.05) is 24.6 Å². The quantitative estimate of drug-likeness (QED) is 0.528. The first-order chi connectivity index (χ1) is 7.59. The molecular formula is C11H16N2O3. The van der Waals surface area contributed by atoms with Gasteiger partial charge in [0.25, 0.3) is 0 Å². The van der Waals surface area contributed by atoms with Crippen LogP contribution in [0.4, 0.5) is 0 Å². The van der Waals surface area contributed by atoms with Gasteiger partial charge >= 0.3 is 0 Å². The van der Waals surface area contributed by atoms with Crippen LogP contribution in [0, 0.1) is 0 Å². The number of hydrogen-bond donors (Lipinski definition) is 4. The minimum absolute atomic E-state index is 0.0370. The number of amides is 1. The molecule has 0 aliphatic heterocycles. The number of phenolic OH excluding ortho intramolecular Hbond substituents is 2. The van der Waals surface area contributed by atoms with Crippen LogP contribution in [0.15, 0.2) is 18.2 Å². The fourth-order valence-electron chi connectivity index (χ4n) is 1.31. The van der Waals surface area contributed by atoms with Crippen molar-refractivity contribution in [2.24, 2.45) is 5.73 Å². The third-order valence-corrected chi connectivity index (χ3v) is 2.16. The molecule has 16 heavy (non-hydrogen) atoms. The number of nitrogens with one attached hydrogen (secondary N) is 1. The summed E-state index contributed by atoms with van der Waals surface area (Å²) in [7, 11) is 0. The average Bonchev–Trinajstić information content (AvgIpc) is 2.20. The third-order valence-electron chi connectivity index (χ3n) is 2.16. The zero-order valence-electron chi connectivity index (χ0n) is 8.94. The Morgan fingerprint density at radius 2 is 2.12 bits per heavy atom.